The summed E-state index contributed by atoms with van der Waals surface area (Å²) in [5.74, 6) is 0. The predicted molar refractivity (Wildman–Crippen MR) is 120 cm³/mol. The fourth-order valence-corrected chi connectivity index (χ4v) is 4.72. The molecule has 0 unspecified atom stereocenters. The smallest absolute Gasteiger partial charge is 0.263 e. The lowest BCUT2D eigenvalue weighted by molar-refractivity contribution is 0.748. The number of nitrogens with zero attached hydrogens (tertiary/aromatic N) is 4. The van der Waals surface area contributed by atoms with Crippen LogP contribution in [0.4, 0.5) is 0 Å². The van der Waals surface area contributed by atoms with Gasteiger partial charge in [-0.1, -0.05) is 24.3 Å². The van der Waals surface area contributed by atoms with Crippen LogP contribution in [0, 0.1) is 25.2 Å². The molecule has 0 bridgehead atoms. The van der Waals surface area contributed by atoms with Gasteiger partial charge in [0.2, 0.25) is 0 Å². The molecule has 30 heavy (non-hydrogen) atoms. The van der Waals surface area contributed by atoms with Gasteiger partial charge in [0.15, 0.2) is 0 Å². The molecule has 0 amide bonds. The number of aromatic nitrogens is 3. The van der Waals surface area contributed by atoms with Crippen molar-refractivity contribution in [2.75, 3.05) is 0 Å². The monoisotopic (exact) mass is 410 g/mol. The summed E-state index contributed by atoms with van der Waals surface area (Å²) in [4.78, 5) is 18.6. The normalized spacial score (nSPS) is 11.2. The Hall–Kier alpha value is -3.69. The summed E-state index contributed by atoms with van der Waals surface area (Å²) in [6.45, 7) is 4.45. The first kappa shape index (κ1) is 18.3. The molecule has 5 rings (SSSR count). The number of nitriles is 1. The van der Waals surface area contributed by atoms with E-state index in [0.717, 1.165) is 27.0 Å². The Morgan fingerprint density at radius 3 is 2.83 bits per heavy atom. The van der Waals surface area contributed by atoms with Crippen molar-refractivity contribution in [3.63, 3.8) is 0 Å². The van der Waals surface area contributed by atoms with E-state index in [1.807, 2.05) is 40.4 Å². The molecule has 0 atom stereocenters. The number of thiophene rings is 1. The maximum atomic E-state index is 13.4. The minimum absolute atomic E-state index is 0.0892. The molecule has 5 nitrogen and oxygen atoms in total. The number of pyridine rings is 1. The molecule has 0 N–H and O–H groups in total. The predicted octanol–water partition coefficient (Wildman–Crippen LogP) is 4.91. The number of hydrogen-bond acceptors (Lipinski definition) is 4. The molecule has 0 aliphatic carbocycles. The molecule has 5 aromatic rings. The van der Waals surface area contributed by atoms with E-state index in [-0.39, 0.29) is 5.56 Å². The van der Waals surface area contributed by atoms with E-state index in [2.05, 4.69) is 43.1 Å². The topological polar surface area (TPSA) is 63.1 Å². The Kier molecular flexibility index (Phi) is 4.27. The molecule has 0 spiro atoms. The molecule has 0 saturated heterocycles. The molecule has 6 heteroatoms. The second-order valence-electron chi connectivity index (χ2n) is 7.44. The van der Waals surface area contributed by atoms with Gasteiger partial charge in [0, 0.05) is 28.9 Å². The van der Waals surface area contributed by atoms with Crippen molar-refractivity contribution >= 4 is 27.1 Å². The van der Waals surface area contributed by atoms with Gasteiger partial charge in [-0.25, -0.2) is 4.98 Å². The van der Waals surface area contributed by atoms with Gasteiger partial charge < -0.3 is 4.40 Å². The molecule has 0 radical (unpaired) electrons. The zero-order valence-corrected chi connectivity index (χ0v) is 17.4. The zero-order valence-electron chi connectivity index (χ0n) is 16.6. The molecule has 4 heterocycles. The molecule has 4 aromatic heterocycles. The summed E-state index contributed by atoms with van der Waals surface area (Å²) in [5.41, 5.74) is 6.48. The lowest BCUT2D eigenvalue weighted by atomic mass is 10.0. The molecule has 1 aromatic carbocycles. The van der Waals surface area contributed by atoms with E-state index in [9.17, 15) is 10.1 Å². The average molecular weight is 411 g/mol. The standard InChI is InChI=1S/C24H18N4OS/c1-15-6-7-17(9-16(15)2)20-13-30-23-22(20)24(29)28(14-26-23)12-18-11-27-8-4-3-5-21(27)19(18)10-25/h3-9,11,13-14H,12H2,1-2H3. The first-order valence-corrected chi connectivity index (χ1v) is 10.5. The second kappa shape index (κ2) is 6.97. The second-order valence-corrected chi connectivity index (χ2v) is 8.30. The van der Waals surface area contributed by atoms with E-state index >= 15 is 0 Å². The quantitative estimate of drug-likeness (QED) is 0.424. The number of hydrogen-bond donors (Lipinski definition) is 0. The molecule has 0 aliphatic heterocycles. The van der Waals surface area contributed by atoms with Crippen LogP contribution in [0.1, 0.15) is 22.3 Å². The van der Waals surface area contributed by atoms with E-state index in [0.29, 0.717) is 17.5 Å². The van der Waals surface area contributed by atoms with E-state index in [1.54, 1.807) is 10.9 Å². The summed E-state index contributed by atoms with van der Waals surface area (Å²) in [7, 11) is 0. The Balaban J connectivity index is 1.65. The van der Waals surface area contributed by atoms with Crippen molar-refractivity contribution in [3.8, 4) is 17.2 Å². The highest BCUT2D eigenvalue weighted by Crippen LogP contribution is 2.31. The molecule has 0 aliphatic rings. The van der Waals surface area contributed by atoms with Gasteiger partial charge in [0.05, 0.1) is 29.3 Å². The third-order valence-electron chi connectivity index (χ3n) is 5.59. The zero-order chi connectivity index (χ0) is 20.8. The maximum absolute atomic E-state index is 13.4. The van der Waals surface area contributed by atoms with E-state index < -0.39 is 0 Å². The van der Waals surface area contributed by atoms with Gasteiger partial charge in [-0.15, -0.1) is 11.3 Å². The SMILES string of the molecule is Cc1ccc(-c2csc3ncn(Cc4cn5ccccc5c4C#N)c(=O)c23)cc1C. The van der Waals surface area contributed by atoms with Gasteiger partial charge in [0.1, 0.15) is 10.9 Å². The number of fused-ring (bicyclic) bond motifs is 2. The van der Waals surface area contributed by atoms with Crippen LogP contribution >= 0.6 is 11.3 Å². The largest absolute Gasteiger partial charge is 0.322 e. The molecule has 0 saturated carbocycles. The molecule has 146 valence electrons. The van der Waals surface area contributed by atoms with Crippen LogP contribution in [0.5, 0.6) is 0 Å². The van der Waals surface area contributed by atoms with E-state index in [4.69, 9.17) is 0 Å². The van der Waals surface area contributed by atoms with Gasteiger partial charge in [-0.05, 0) is 42.7 Å². The third-order valence-corrected chi connectivity index (χ3v) is 6.48. The minimum atomic E-state index is -0.0892. The summed E-state index contributed by atoms with van der Waals surface area (Å²) in [5, 5.41) is 12.3. The Bertz CT molecular complexity index is 1530. The lowest BCUT2D eigenvalue weighted by Crippen LogP contribution is -2.21. The maximum Gasteiger partial charge on any atom is 0.263 e. The van der Waals surface area contributed by atoms with E-state index in [1.165, 1.54) is 22.5 Å². The van der Waals surface area contributed by atoms with Crippen molar-refractivity contribution in [2.24, 2.45) is 0 Å². The fourth-order valence-electron chi connectivity index (χ4n) is 3.81. The van der Waals surface area contributed by atoms with Crippen LogP contribution in [0.2, 0.25) is 0 Å². The Morgan fingerprint density at radius 2 is 2.03 bits per heavy atom. The number of rotatable bonds is 3. The Morgan fingerprint density at radius 1 is 1.17 bits per heavy atom. The number of aryl methyl sites for hydroxylation is 2. The van der Waals surface area contributed by atoms with Crippen molar-refractivity contribution in [1.29, 1.82) is 5.26 Å². The van der Waals surface area contributed by atoms with Crippen LogP contribution in [-0.2, 0) is 6.54 Å². The summed E-state index contributed by atoms with van der Waals surface area (Å²) >= 11 is 1.48. The van der Waals surface area contributed by atoms with Gasteiger partial charge in [-0.3, -0.25) is 9.36 Å². The van der Waals surface area contributed by atoms with Crippen LogP contribution in [0.3, 0.4) is 0 Å². The van der Waals surface area contributed by atoms with Crippen molar-refractivity contribution in [3.05, 3.63) is 93.1 Å². The van der Waals surface area contributed by atoms with Crippen molar-refractivity contribution < 1.29 is 0 Å². The highest BCUT2D eigenvalue weighted by atomic mass is 32.1. The van der Waals surface area contributed by atoms with Crippen LogP contribution in [0.15, 0.2) is 65.3 Å². The molecular weight excluding hydrogens is 392 g/mol. The summed E-state index contributed by atoms with van der Waals surface area (Å²) < 4.78 is 3.51. The highest BCUT2D eigenvalue weighted by molar-refractivity contribution is 7.17. The van der Waals surface area contributed by atoms with Gasteiger partial charge in [0.25, 0.3) is 5.56 Å². The first-order valence-electron chi connectivity index (χ1n) is 9.60. The lowest BCUT2D eigenvalue weighted by Gasteiger charge is -2.07. The summed E-state index contributed by atoms with van der Waals surface area (Å²) in [6.07, 6.45) is 5.39. The van der Waals surface area contributed by atoms with Crippen molar-refractivity contribution in [2.45, 2.75) is 20.4 Å². The average Bonchev–Trinajstić information content (AvgIpc) is 3.33. The first-order chi connectivity index (χ1) is 14.6. The van der Waals surface area contributed by atoms with Gasteiger partial charge in [-0.2, -0.15) is 5.26 Å². The minimum Gasteiger partial charge on any atom is -0.322 e. The highest BCUT2D eigenvalue weighted by Gasteiger charge is 2.16. The summed E-state index contributed by atoms with van der Waals surface area (Å²) in [6, 6.07) is 14.3. The fraction of sp³-hybridized carbons (Fsp3) is 0.125. The van der Waals surface area contributed by atoms with Crippen molar-refractivity contribution in [1.82, 2.24) is 14.0 Å². The third kappa shape index (κ3) is 2.83. The molecule has 0 fully saturated rings. The van der Waals surface area contributed by atoms with Crippen LogP contribution < -0.4 is 5.56 Å². The van der Waals surface area contributed by atoms with Crippen LogP contribution in [0.25, 0.3) is 26.9 Å². The van der Waals surface area contributed by atoms with Gasteiger partial charge >= 0.3 is 0 Å². The number of benzene rings is 1. The molecular formula is C24H18N4OS. The van der Waals surface area contributed by atoms with Crippen LogP contribution in [-0.4, -0.2) is 14.0 Å². The Labute approximate surface area is 177 Å².